The van der Waals surface area contributed by atoms with Gasteiger partial charge in [0.05, 0.1) is 19.4 Å². The molecule has 5 rings (SSSR count). The van der Waals surface area contributed by atoms with Gasteiger partial charge in [-0.05, 0) is 116 Å². The number of carboxylic acids is 2. The zero-order chi connectivity index (χ0) is 82.7. The number of nitrogens with one attached hydrogen (secondary N) is 14. The lowest BCUT2D eigenvalue weighted by Crippen LogP contribution is -2.61. The molecular formula is C73H102N18O19S2. The maximum absolute atomic E-state index is 15.1. The summed E-state index contributed by atoms with van der Waals surface area (Å²) >= 11 is 2.71. The molecule has 0 radical (unpaired) electrons. The Bertz CT molecular complexity index is 3980. The van der Waals surface area contributed by atoms with E-state index >= 15 is 4.79 Å². The highest BCUT2D eigenvalue weighted by Crippen LogP contribution is 2.23. The number of aromatic nitrogens is 1. The predicted molar refractivity (Wildman–Crippen MR) is 413 cm³/mol. The lowest BCUT2D eigenvalue weighted by atomic mass is 10.0. The number of aromatic hydroxyl groups is 1. The van der Waals surface area contributed by atoms with Crippen molar-refractivity contribution < 1.29 is 92.0 Å². The molecule has 0 bridgehead atoms. The topological polar surface area (TPSA) is 599 Å². The van der Waals surface area contributed by atoms with Crippen LogP contribution in [0.3, 0.4) is 0 Å². The normalized spacial score (nSPS) is 15.1. The summed E-state index contributed by atoms with van der Waals surface area (Å²) in [7, 11) is 0. The Labute approximate surface area is 654 Å². The molecule has 3 aromatic carbocycles. The van der Waals surface area contributed by atoms with Gasteiger partial charge in [0.25, 0.3) is 0 Å². The van der Waals surface area contributed by atoms with Gasteiger partial charge in [0.1, 0.15) is 72.2 Å². The molecule has 37 nitrogen and oxygen atoms in total. The monoisotopic (exact) mass is 1600 g/mol. The van der Waals surface area contributed by atoms with E-state index in [9.17, 15) is 87.2 Å². The van der Waals surface area contributed by atoms with Crippen molar-refractivity contribution in [2.75, 3.05) is 43.7 Å². The number of rotatable bonds is 48. The third kappa shape index (κ3) is 31.1. The van der Waals surface area contributed by atoms with Crippen LogP contribution in [0.5, 0.6) is 5.75 Å². The van der Waals surface area contributed by atoms with Crippen LogP contribution in [0.2, 0.25) is 0 Å². The number of para-hydroxylation sites is 1. The van der Waals surface area contributed by atoms with Crippen LogP contribution in [0, 0.1) is 11.3 Å². The molecule has 1 aromatic heterocycles. The summed E-state index contributed by atoms with van der Waals surface area (Å²) in [5.74, 6) is -16.3. The number of carboxylic acid groups (broad SMARTS) is 2. The van der Waals surface area contributed by atoms with Crippen LogP contribution >= 0.6 is 23.5 Å². The molecule has 39 heteroatoms. The highest BCUT2D eigenvalue weighted by Gasteiger charge is 2.41. The fraction of sp³-hybridized carbons (Fsp3) is 0.493. The van der Waals surface area contributed by atoms with Crippen LogP contribution in [-0.4, -0.2) is 236 Å². The number of aliphatic carboxylic acids is 2. The molecule has 11 atom stereocenters. The Morgan fingerprint density at radius 2 is 1.05 bits per heavy atom. The van der Waals surface area contributed by atoms with Crippen molar-refractivity contribution in [1.82, 2.24) is 73.7 Å². The molecule has 4 aromatic rings. The molecule has 1 saturated heterocycles. The summed E-state index contributed by atoms with van der Waals surface area (Å²) in [6, 6.07) is 3.84. The van der Waals surface area contributed by atoms with Crippen molar-refractivity contribution in [3.63, 3.8) is 0 Å². The number of carbonyl (C=O) groups excluding carboxylic acids is 14. The number of likely N-dealkylation sites (tertiary alicyclic amines) is 1. The zero-order valence-electron chi connectivity index (χ0n) is 62.8. The maximum Gasteiger partial charge on any atom is 0.305 e. The number of primary amides is 2. The van der Waals surface area contributed by atoms with Gasteiger partial charge in [-0.15, -0.1) is 0 Å². The first-order valence-corrected chi connectivity index (χ1v) is 39.0. The maximum atomic E-state index is 15.1. The van der Waals surface area contributed by atoms with E-state index in [1.165, 1.54) is 65.8 Å². The molecule has 0 saturated carbocycles. The predicted octanol–water partition coefficient (Wildman–Crippen LogP) is -2.61. The molecule has 610 valence electrons. The molecule has 23 N–H and O–H groups in total. The lowest BCUT2D eigenvalue weighted by molar-refractivity contribution is -0.142. The van der Waals surface area contributed by atoms with Crippen LogP contribution in [0.1, 0.15) is 108 Å². The van der Waals surface area contributed by atoms with Crippen molar-refractivity contribution in [2.45, 2.75) is 177 Å². The molecule has 0 spiro atoms. The van der Waals surface area contributed by atoms with Crippen LogP contribution in [0.4, 0.5) is 0 Å². The van der Waals surface area contributed by atoms with Gasteiger partial charge >= 0.3 is 11.9 Å². The highest BCUT2D eigenvalue weighted by atomic mass is 32.2. The van der Waals surface area contributed by atoms with E-state index in [1.54, 1.807) is 74.7 Å². The van der Waals surface area contributed by atoms with Gasteiger partial charge in [-0.1, -0.05) is 74.5 Å². The van der Waals surface area contributed by atoms with Gasteiger partial charge < -0.3 is 106 Å². The number of H-pyrrole nitrogens is 1. The number of fused-ring (bicyclic) bond motifs is 1. The van der Waals surface area contributed by atoms with Gasteiger partial charge in [-0.25, -0.2) is 0 Å². The standard InChI is InChI=1S/C73H102N18O19S2/c1-39(2)31-52(66(104)86-51(62(75)100)35-58(74)94)82-59(95)38-80-63(101)48(23-24-60(96)97)83-69(107)55(34-43-37-79-46-16-10-9-15-45(43)46)89-68(106)54(33-42-19-21-44(93)22-20-42)88-70(108)56(36-61(98)99)90-65(103)49(25-29-111-4)84-67(105)53(32-41-13-7-6-8-14-41)87-64(102)47(17-11-27-78-73(76)77)85-71(109)57-18-12-28-91(57)72(110)50(26-30-112-5)81-40(3)92/h6-10,13-16,19-22,37,39,47-57,79,93H,11-12,17-18,23-36,38H2,1-5H3,(H2,74,94)(H2,75,100)(H,80,101)(H,81,92)(H,82,95)(H,83,107)(H,84,105)(H,85,109)(H,86,104)(H,87,102)(H,88,108)(H,89,106)(H,90,103)(H,96,97)(H,98,99)(H4,76,77,78)/t47-,48-,49-,50-,51-,52-,53-,54-,55+,56-,57-/m0/s1. The second-order valence-electron chi connectivity index (χ2n) is 27.2. The molecule has 14 amide bonds. The molecule has 0 unspecified atom stereocenters. The van der Waals surface area contributed by atoms with Crippen molar-refractivity contribution in [3.8, 4) is 5.75 Å². The third-order valence-corrected chi connectivity index (χ3v) is 19.1. The minimum absolute atomic E-state index is 0.0200. The summed E-state index contributed by atoms with van der Waals surface area (Å²) in [6.45, 7) is 4.07. The third-order valence-electron chi connectivity index (χ3n) is 17.8. The smallest absolute Gasteiger partial charge is 0.305 e. The van der Waals surface area contributed by atoms with E-state index in [0.29, 0.717) is 34.2 Å². The van der Waals surface area contributed by atoms with Gasteiger partial charge in [0.2, 0.25) is 82.7 Å². The van der Waals surface area contributed by atoms with Crippen LogP contribution in [0.25, 0.3) is 10.9 Å². The van der Waals surface area contributed by atoms with Gasteiger partial charge in [0.15, 0.2) is 5.96 Å². The number of amides is 14. The second-order valence-corrected chi connectivity index (χ2v) is 29.1. The highest BCUT2D eigenvalue weighted by molar-refractivity contribution is 7.98. The number of phenols is 1. The summed E-state index contributed by atoms with van der Waals surface area (Å²) in [6.07, 6.45) is 1.70. The number of phenolic OH excluding ortho intramolecular Hbond substituents is 1. The summed E-state index contributed by atoms with van der Waals surface area (Å²) in [4.78, 5) is 223. The fourth-order valence-electron chi connectivity index (χ4n) is 12.2. The number of aromatic amines is 1. The molecule has 112 heavy (non-hydrogen) atoms. The Balaban J connectivity index is 1.44. The SMILES string of the molecule is CSCC[C@H](NC(=O)[C@H](Cc1ccccc1)NC(=O)[C@H](CCCNC(=N)N)NC(=O)[C@@H]1CCCN1C(=O)[C@H](CCSC)NC(C)=O)C(=O)N[C@@H](CC(=O)O)C(=O)N[C@@H](Cc1ccc(O)cc1)C(=O)N[C@H](Cc1c[nH]c2ccccc12)C(=O)N[C@@H](CCC(=O)O)C(=O)NCC(=O)N[C@@H](CC(C)C)C(=O)N[C@@H](CC(N)=O)C(N)=O. The first kappa shape index (κ1) is 91.1. The van der Waals surface area contributed by atoms with Gasteiger partial charge in [0, 0.05) is 62.8 Å². The van der Waals surface area contributed by atoms with Crippen LogP contribution in [0.15, 0.2) is 85.1 Å². The van der Waals surface area contributed by atoms with E-state index < -0.39 is 200 Å². The Hall–Kier alpha value is -11.5. The number of thioether (sulfide) groups is 2. The van der Waals surface area contributed by atoms with E-state index in [4.69, 9.17) is 22.6 Å². The Kier molecular flexibility index (Phi) is 37.6. The van der Waals surface area contributed by atoms with E-state index in [0.717, 1.165) is 0 Å². The van der Waals surface area contributed by atoms with Crippen molar-refractivity contribution in [3.05, 3.63) is 102 Å². The molecule has 1 aliphatic heterocycles. The van der Waals surface area contributed by atoms with Gasteiger partial charge in [-0.2, -0.15) is 23.5 Å². The second kappa shape index (κ2) is 46.2. The molecule has 2 heterocycles. The Morgan fingerprint density at radius 1 is 0.545 bits per heavy atom. The minimum Gasteiger partial charge on any atom is -0.508 e. The number of hydrogen-bond acceptors (Lipinski definition) is 20. The largest absolute Gasteiger partial charge is 0.508 e. The molecule has 0 aliphatic carbocycles. The van der Waals surface area contributed by atoms with Crippen LogP contribution in [-0.2, 0) is 96.0 Å². The number of hydrogen-bond donors (Lipinski definition) is 20. The van der Waals surface area contributed by atoms with E-state index in [2.05, 4.69) is 68.8 Å². The number of carbonyl (C=O) groups is 16. The first-order valence-electron chi connectivity index (χ1n) is 36.2. The quantitative estimate of drug-likeness (QED) is 0.0122. The molecular weight excluding hydrogens is 1500 g/mol. The van der Waals surface area contributed by atoms with Crippen molar-refractivity contribution in [1.29, 1.82) is 5.41 Å². The van der Waals surface area contributed by atoms with Gasteiger partial charge in [-0.3, -0.25) is 82.1 Å². The zero-order valence-corrected chi connectivity index (χ0v) is 64.4. The minimum atomic E-state index is -2.03. The Morgan fingerprint density at radius 3 is 1.61 bits per heavy atom. The van der Waals surface area contributed by atoms with Crippen molar-refractivity contribution >= 4 is 135 Å². The summed E-state index contributed by atoms with van der Waals surface area (Å²) in [5, 5.41) is 69.0. The summed E-state index contributed by atoms with van der Waals surface area (Å²) < 4.78 is 0. The summed E-state index contributed by atoms with van der Waals surface area (Å²) in [5.41, 5.74) is 17.9. The number of nitrogens with two attached hydrogens (primary N) is 3. The average Bonchev–Trinajstić information content (AvgIpc) is 1.69. The number of guanidine groups is 1. The van der Waals surface area contributed by atoms with Crippen LogP contribution < -0.4 is 81.0 Å². The lowest BCUT2D eigenvalue weighted by Gasteiger charge is -2.30. The fourth-order valence-corrected chi connectivity index (χ4v) is 13.1. The average molecular weight is 1600 g/mol. The number of benzene rings is 3. The first-order chi connectivity index (χ1) is 53.2. The number of nitrogens with zero attached hydrogens (tertiary/aromatic N) is 1. The molecule has 1 aliphatic rings. The van der Waals surface area contributed by atoms with E-state index in [-0.39, 0.29) is 93.4 Å². The molecule has 1 fully saturated rings. The van der Waals surface area contributed by atoms with Crippen molar-refractivity contribution in [2.24, 2.45) is 23.1 Å². The van der Waals surface area contributed by atoms with E-state index in [1.807, 2.05) is 6.26 Å².